The molecular formula is C15H19ClN4O. The van der Waals surface area contributed by atoms with Crippen LogP contribution < -0.4 is 10.6 Å². The molecule has 0 aliphatic rings. The highest BCUT2D eigenvalue weighted by molar-refractivity contribution is 6.31. The predicted molar refractivity (Wildman–Crippen MR) is 86.5 cm³/mol. The summed E-state index contributed by atoms with van der Waals surface area (Å²) in [6.07, 6.45) is 2.62. The standard InChI is InChI=1S/C15H19ClN4O/c1-11-12(16)5-3-6-13(11)19-14-7-9-18-15(20-14)17-8-4-10-21-2/h3,5-7,9H,4,8,10H2,1-2H3,(H2,17,18,19,20). The number of nitrogens with zero attached hydrogens (tertiary/aromatic N) is 2. The van der Waals surface area contributed by atoms with Gasteiger partial charge < -0.3 is 15.4 Å². The molecule has 112 valence electrons. The topological polar surface area (TPSA) is 59.1 Å². The van der Waals surface area contributed by atoms with Gasteiger partial charge in [-0.15, -0.1) is 0 Å². The Morgan fingerprint density at radius 3 is 2.95 bits per heavy atom. The molecular weight excluding hydrogens is 288 g/mol. The van der Waals surface area contributed by atoms with E-state index in [4.69, 9.17) is 16.3 Å². The number of aromatic nitrogens is 2. The van der Waals surface area contributed by atoms with Crippen molar-refractivity contribution in [3.63, 3.8) is 0 Å². The van der Waals surface area contributed by atoms with Crippen molar-refractivity contribution in [3.8, 4) is 0 Å². The van der Waals surface area contributed by atoms with E-state index in [1.807, 2.05) is 31.2 Å². The van der Waals surface area contributed by atoms with Crippen molar-refractivity contribution in [2.24, 2.45) is 0 Å². The highest BCUT2D eigenvalue weighted by atomic mass is 35.5. The molecule has 0 radical (unpaired) electrons. The lowest BCUT2D eigenvalue weighted by Gasteiger charge is -2.11. The lowest BCUT2D eigenvalue weighted by Crippen LogP contribution is -2.08. The largest absolute Gasteiger partial charge is 0.385 e. The van der Waals surface area contributed by atoms with E-state index in [0.717, 1.165) is 35.1 Å². The third-order valence-corrected chi connectivity index (χ3v) is 3.40. The van der Waals surface area contributed by atoms with Gasteiger partial charge in [-0.2, -0.15) is 4.98 Å². The molecule has 0 saturated carbocycles. The van der Waals surface area contributed by atoms with E-state index in [0.29, 0.717) is 12.6 Å². The van der Waals surface area contributed by atoms with Crippen molar-refractivity contribution in [2.45, 2.75) is 13.3 Å². The van der Waals surface area contributed by atoms with E-state index in [1.165, 1.54) is 0 Å². The zero-order valence-corrected chi connectivity index (χ0v) is 12.9. The summed E-state index contributed by atoms with van der Waals surface area (Å²) in [5.41, 5.74) is 1.93. The van der Waals surface area contributed by atoms with Crippen LogP contribution in [0.3, 0.4) is 0 Å². The Morgan fingerprint density at radius 2 is 2.14 bits per heavy atom. The molecule has 6 heteroatoms. The van der Waals surface area contributed by atoms with Gasteiger partial charge in [-0.05, 0) is 37.1 Å². The van der Waals surface area contributed by atoms with E-state index in [-0.39, 0.29) is 0 Å². The number of rotatable bonds is 7. The molecule has 2 rings (SSSR count). The van der Waals surface area contributed by atoms with Gasteiger partial charge in [-0.25, -0.2) is 4.98 Å². The Labute approximate surface area is 129 Å². The van der Waals surface area contributed by atoms with Crippen LogP contribution in [0.4, 0.5) is 17.5 Å². The number of methoxy groups -OCH3 is 1. The van der Waals surface area contributed by atoms with Gasteiger partial charge >= 0.3 is 0 Å². The Balaban J connectivity index is 2.02. The number of hydrogen-bond donors (Lipinski definition) is 2. The molecule has 1 heterocycles. The second-order valence-corrected chi connectivity index (χ2v) is 4.98. The molecule has 1 aromatic heterocycles. The molecule has 2 N–H and O–H groups in total. The molecule has 5 nitrogen and oxygen atoms in total. The second kappa shape index (κ2) is 7.81. The van der Waals surface area contributed by atoms with Gasteiger partial charge in [-0.3, -0.25) is 0 Å². The molecule has 0 fully saturated rings. The zero-order chi connectivity index (χ0) is 15.1. The van der Waals surface area contributed by atoms with Crippen LogP contribution in [0.5, 0.6) is 0 Å². The van der Waals surface area contributed by atoms with Crippen LogP contribution in [0, 0.1) is 6.92 Å². The summed E-state index contributed by atoms with van der Waals surface area (Å²) in [6.45, 7) is 3.45. The van der Waals surface area contributed by atoms with E-state index >= 15 is 0 Å². The van der Waals surface area contributed by atoms with Crippen LogP contribution in [-0.2, 0) is 4.74 Å². The molecule has 0 atom stereocenters. The molecule has 0 saturated heterocycles. The average Bonchev–Trinajstić information content (AvgIpc) is 2.49. The number of anilines is 3. The quantitative estimate of drug-likeness (QED) is 0.765. The predicted octanol–water partition coefficient (Wildman–Crippen LogP) is 3.63. The fourth-order valence-electron chi connectivity index (χ4n) is 1.81. The Hall–Kier alpha value is -1.85. The summed E-state index contributed by atoms with van der Waals surface area (Å²) in [5, 5.41) is 7.15. The zero-order valence-electron chi connectivity index (χ0n) is 12.2. The minimum Gasteiger partial charge on any atom is -0.385 e. The number of halogens is 1. The van der Waals surface area contributed by atoms with E-state index in [1.54, 1.807) is 13.3 Å². The first kappa shape index (κ1) is 15.5. The van der Waals surface area contributed by atoms with Crippen LogP contribution in [0.15, 0.2) is 30.5 Å². The van der Waals surface area contributed by atoms with Gasteiger partial charge in [-0.1, -0.05) is 17.7 Å². The lowest BCUT2D eigenvalue weighted by molar-refractivity contribution is 0.197. The van der Waals surface area contributed by atoms with E-state index in [9.17, 15) is 0 Å². The smallest absolute Gasteiger partial charge is 0.224 e. The van der Waals surface area contributed by atoms with Gasteiger partial charge in [0.1, 0.15) is 5.82 Å². The molecule has 21 heavy (non-hydrogen) atoms. The van der Waals surface area contributed by atoms with Crippen molar-refractivity contribution < 1.29 is 4.74 Å². The molecule has 1 aromatic carbocycles. The van der Waals surface area contributed by atoms with Gasteiger partial charge in [0, 0.05) is 37.2 Å². The average molecular weight is 307 g/mol. The van der Waals surface area contributed by atoms with Crippen molar-refractivity contribution >= 4 is 29.1 Å². The minimum absolute atomic E-state index is 0.593. The van der Waals surface area contributed by atoms with E-state index in [2.05, 4.69) is 20.6 Å². The van der Waals surface area contributed by atoms with Crippen LogP contribution in [0.2, 0.25) is 5.02 Å². The van der Waals surface area contributed by atoms with E-state index < -0.39 is 0 Å². The number of hydrogen-bond acceptors (Lipinski definition) is 5. The summed E-state index contributed by atoms with van der Waals surface area (Å²) < 4.78 is 5.00. The third-order valence-electron chi connectivity index (χ3n) is 2.99. The summed E-state index contributed by atoms with van der Waals surface area (Å²) in [5.74, 6) is 1.32. The van der Waals surface area contributed by atoms with Crippen LogP contribution in [-0.4, -0.2) is 30.2 Å². The molecule has 0 spiro atoms. The summed E-state index contributed by atoms with van der Waals surface area (Å²) >= 11 is 6.11. The first-order chi connectivity index (χ1) is 10.2. The Bertz CT molecular complexity index is 592. The van der Waals surface area contributed by atoms with Crippen molar-refractivity contribution in [3.05, 3.63) is 41.0 Å². The summed E-state index contributed by atoms with van der Waals surface area (Å²) in [7, 11) is 1.69. The molecule has 0 amide bonds. The number of nitrogens with one attached hydrogen (secondary N) is 2. The van der Waals surface area contributed by atoms with Crippen molar-refractivity contribution in [1.29, 1.82) is 0 Å². The monoisotopic (exact) mass is 306 g/mol. The van der Waals surface area contributed by atoms with Crippen LogP contribution in [0.25, 0.3) is 0 Å². The van der Waals surface area contributed by atoms with Gasteiger partial charge in [0.15, 0.2) is 0 Å². The second-order valence-electron chi connectivity index (χ2n) is 4.58. The van der Waals surface area contributed by atoms with Crippen molar-refractivity contribution in [1.82, 2.24) is 9.97 Å². The van der Waals surface area contributed by atoms with Crippen molar-refractivity contribution in [2.75, 3.05) is 30.9 Å². The van der Waals surface area contributed by atoms with Crippen LogP contribution >= 0.6 is 11.6 Å². The number of benzene rings is 1. The van der Waals surface area contributed by atoms with Gasteiger partial charge in [0.05, 0.1) is 0 Å². The highest BCUT2D eigenvalue weighted by Crippen LogP contribution is 2.25. The summed E-state index contributed by atoms with van der Waals surface area (Å²) in [4.78, 5) is 8.61. The lowest BCUT2D eigenvalue weighted by atomic mass is 10.2. The fraction of sp³-hybridized carbons (Fsp3) is 0.333. The molecule has 0 aliphatic carbocycles. The van der Waals surface area contributed by atoms with Gasteiger partial charge in [0.25, 0.3) is 0 Å². The highest BCUT2D eigenvalue weighted by Gasteiger charge is 2.04. The van der Waals surface area contributed by atoms with Gasteiger partial charge in [0.2, 0.25) is 5.95 Å². The maximum Gasteiger partial charge on any atom is 0.224 e. The minimum atomic E-state index is 0.593. The first-order valence-electron chi connectivity index (χ1n) is 6.78. The maximum atomic E-state index is 6.11. The normalized spacial score (nSPS) is 10.4. The SMILES string of the molecule is COCCCNc1nccc(Nc2cccc(Cl)c2C)n1. The van der Waals surface area contributed by atoms with Crippen LogP contribution in [0.1, 0.15) is 12.0 Å². The Morgan fingerprint density at radius 1 is 1.29 bits per heavy atom. The summed E-state index contributed by atoms with van der Waals surface area (Å²) in [6, 6.07) is 7.56. The first-order valence-corrected chi connectivity index (χ1v) is 7.16. The molecule has 0 unspecified atom stereocenters. The Kier molecular flexibility index (Phi) is 5.78. The third kappa shape index (κ3) is 4.58. The number of ether oxygens (including phenoxy) is 1. The molecule has 0 aliphatic heterocycles. The fourth-order valence-corrected chi connectivity index (χ4v) is 1.99. The molecule has 2 aromatic rings. The maximum absolute atomic E-state index is 6.11. The molecule has 0 bridgehead atoms.